The smallest absolute Gasteiger partial charge is 0.262 e. The van der Waals surface area contributed by atoms with E-state index in [1.54, 1.807) is 36.1 Å². The Balaban J connectivity index is 1.42. The number of aromatic amines is 1. The minimum absolute atomic E-state index is 0.0595. The van der Waals surface area contributed by atoms with Gasteiger partial charge in [-0.05, 0) is 37.1 Å². The number of nitrogens with zero attached hydrogens (tertiary/aromatic N) is 2. The fourth-order valence-electron chi connectivity index (χ4n) is 4.86. The van der Waals surface area contributed by atoms with Gasteiger partial charge in [0.2, 0.25) is 0 Å². The molecular weight excluding hydrogens is 488 g/mol. The number of carbonyl (C=O) groups is 2. The molecule has 2 aromatic heterocycles. The summed E-state index contributed by atoms with van der Waals surface area (Å²) in [4.78, 5) is 47.2. The van der Waals surface area contributed by atoms with Crippen LogP contribution in [0.1, 0.15) is 52.8 Å². The molecule has 1 saturated carbocycles. The van der Waals surface area contributed by atoms with Crippen LogP contribution in [0.4, 0.5) is 0 Å². The molecule has 9 heteroatoms. The lowest BCUT2D eigenvalue weighted by atomic mass is 9.95. The number of fused-ring (bicyclic) bond motifs is 2. The van der Waals surface area contributed by atoms with Crippen LogP contribution in [0.25, 0.3) is 21.8 Å². The molecule has 0 aliphatic heterocycles. The van der Waals surface area contributed by atoms with Crippen LogP contribution < -0.4 is 10.9 Å². The first-order valence-electron chi connectivity index (χ1n) is 12.6. The highest BCUT2D eigenvalue weighted by Crippen LogP contribution is 2.24. The molecule has 8 nitrogen and oxygen atoms in total. The monoisotopic (exact) mass is 518 g/mol. The van der Waals surface area contributed by atoms with Gasteiger partial charge in [-0.3, -0.25) is 19.0 Å². The number of benzene rings is 2. The third kappa shape index (κ3) is 5.47. The summed E-state index contributed by atoms with van der Waals surface area (Å²) < 4.78 is 6.74. The fraction of sp³-hybridized carbons (Fsp3) is 0.357. The average Bonchev–Trinajstić information content (AvgIpc) is 3.36. The highest BCUT2D eigenvalue weighted by atomic mass is 32.2. The standard InChI is InChI=1S/C28H30N4O4S/c1-36-14-13-32-27(35)21-12-11-18(26(34)30-19-7-3-2-4-8-19)15-24(21)31-28(32)37-17-25(33)22-16-29-23-10-6-5-9-20(22)23/h5-6,9-12,15-16,19,29H,2-4,7-8,13-14,17H2,1H3,(H,30,34). The summed E-state index contributed by atoms with van der Waals surface area (Å²) in [7, 11) is 1.57. The second-order valence-electron chi connectivity index (χ2n) is 9.34. The highest BCUT2D eigenvalue weighted by molar-refractivity contribution is 7.99. The van der Waals surface area contributed by atoms with Crippen molar-refractivity contribution in [1.29, 1.82) is 0 Å². The Morgan fingerprint density at radius 1 is 1.14 bits per heavy atom. The molecule has 1 amide bonds. The Bertz CT molecular complexity index is 1500. The van der Waals surface area contributed by atoms with Crippen LogP contribution in [0.5, 0.6) is 0 Å². The number of aromatic nitrogens is 3. The number of para-hydroxylation sites is 1. The van der Waals surface area contributed by atoms with E-state index in [2.05, 4.69) is 10.3 Å². The van der Waals surface area contributed by atoms with Gasteiger partial charge in [0.1, 0.15) is 0 Å². The summed E-state index contributed by atoms with van der Waals surface area (Å²) in [5.74, 6) is -0.0900. The molecule has 2 heterocycles. The zero-order valence-corrected chi connectivity index (χ0v) is 21.6. The van der Waals surface area contributed by atoms with E-state index in [4.69, 9.17) is 9.72 Å². The normalized spacial score (nSPS) is 14.3. The van der Waals surface area contributed by atoms with Gasteiger partial charge in [-0.15, -0.1) is 0 Å². The van der Waals surface area contributed by atoms with Gasteiger partial charge >= 0.3 is 0 Å². The number of hydrogen-bond acceptors (Lipinski definition) is 6. The van der Waals surface area contributed by atoms with Crippen molar-refractivity contribution in [1.82, 2.24) is 19.9 Å². The van der Waals surface area contributed by atoms with Gasteiger partial charge in [-0.1, -0.05) is 49.2 Å². The van der Waals surface area contributed by atoms with E-state index in [1.165, 1.54) is 18.2 Å². The number of Topliss-reactive ketones (excluding diaryl/α,β-unsaturated/α-hetero) is 1. The first-order valence-corrected chi connectivity index (χ1v) is 13.6. The Labute approximate surface area is 218 Å². The molecule has 1 aliphatic carbocycles. The second-order valence-corrected chi connectivity index (χ2v) is 10.3. The number of methoxy groups -OCH3 is 1. The molecule has 0 radical (unpaired) electrons. The van der Waals surface area contributed by atoms with Gasteiger partial charge in [0.15, 0.2) is 10.9 Å². The minimum atomic E-state index is -0.219. The number of rotatable bonds is 9. The zero-order valence-electron chi connectivity index (χ0n) is 20.8. The summed E-state index contributed by atoms with van der Waals surface area (Å²) in [6.45, 7) is 0.644. The number of nitrogens with one attached hydrogen (secondary N) is 2. The number of amides is 1. The molecule has 2 N–H and O–H groups in total. The summed E-state index contributed by atoms with van der Waals surface area (Å²) >= 11 is 1.22. The molecule has 2 aromatic carbocycles. The van der Waals surface area contributed by atoms with Gasteiger partial charge in [-0.25, -0.2) is 4.98 Å². The maximum absolute atomic E-state index is 13.4. The van der Waals surface area contributed by atoms with Crippen LogP contribution in [0.15, 0.2) is 58.6 Å². The van der Waals surface area contributed by atoms with Crippen LogP contribution >= 0.6 is 11.8 Å². The van der Waals surface area contributed by atoms with Gasteiger partial charge in [0, 0.05) is 41.4 Å². The Kier molecular flexibility index (Phi) is 7.71. The van der Waals surface area contributed by atoms with Gasteiger partial charge in [0.05, 0.1) is 29.8 Å². The van der Waals surface area contributed by atoms with E-state index < -0.39 is 0 Å². The zero-order chi connectivity index (χ0) is 25.8. The van der Waals surface area contributed by atoms with E-state index >= 15 is 0 Å². The number of ether oxygens (including phenoxy) is 1. The van der Waals surface area contributed by atoms with Gasteiger partial charge in [0.25, 0.3) is 11.5 Å². The van der Waals surface area contributed by atoms with Crippen molar-refractivity contribution in [3.05, 3.63) is 70.1 Å². The van der Waals surface area contributed by atoms with Crippen LogP contribution in [0.2, 0.25) is 0 Å². The molecule has 37 heavy (non-hydrogen) atoms. The van der Waals surface area contributed by atoms with Crippen molar-refractivity contribution in [3.8, 4) is 0 Å². The van der Waals surface area contributed by atoms with Gasteiger partial charge in [-0.2, -0.15) is 0 Å². The number of ketones is 1. The molecule has 0 bridgehead atoms. The summed E-state index contributed by atoms with van der Waals surface area (Å²) in [6, 6.07) is 12.8. The van der Waals surface area contributed by atoms with Crippen LogP contribution in [0, 0.1) is 0 Å². The lowest BCUT2D eigenvalue weighted by Crippen LogP contribution is -2.36. The molecule has 4 aromatic rings. The van der Waals surface area contributed by atoms with E-state index in [-0.39, 0.29) is 29.0 Å². The van der Waals surface area contributed by atoms with E-state index in [9.17, 15) is 14.4 Å². The predicted octanol–water partition coefficient (Wildman–Crippen LogP) is 4.56. The summed E-state index contributed by atoms with van der Waals surface area (Å²) in [5.41, 5.74) is 2.21. The van der Waals surface area contributed by atoms with Crippen molar-refractivity contribution in [2.24, 2.45) is 0 Å². The first-order chi connectivity index (χ1) is 18.0. The first kappa shape index (κ1) is 25.2. The van der Waals surface area contributed by atoms with Crippen molar-refractivity contribution < 1.29 is 14.3 Å². The average molecular weight is 519 g/mol. The van der Waals surface area contributed by atoms with Crippen molar-refractivity contribution in [2.45, 2.75) is 49.8 Å². The topological polar surface area (TPSA) is 106 Å². The Morgan fingerprint density at radius 2 is 1.95 bits per heavy atom. The third-order valence-electron chi connectivity index (χ3n) is 6.86. The predicted molar refractivity (Wildman–Crippen MR) is 146 cm³/mol. The second kappa shape index (κ2) is 11.3. The molecule has 1 aliphatic rings. The maximum atomic E-state index is 13.4. The highest BCUT2D eigenvalue weighted by Gasteiger charge is 2.19. The quantitative estimate of drug-likeness (QED) is 0.191. The summed E-state index contributed by atoms with van der Waals surface area (Å²) in [6.07, 6.45) is 7.17. The maximum Gasteiger partial charge on any atom is 0.262 e. The van der Waals surface area contributed by atoms with Crippen molar-refractivity contribution in [3.63, 3.8) is 0 Å². The van der Waals surface area contributed by atoms with E-state index in [0.29, 0.717) is 40.3 Å². The lowest BCUT2D eigenvalue weighted by molar-refractivity contribution is 0.0927. The molecule has 192 valence electrons. The van der Waals surface area contributed by atoms with Crippen LogP contribution in [-0.4, -0.2) is 51.7 Å². The Morgan fingerprint density at radius 3 is 2.76 bits per heavy atom. The van der Waals surface area contributed by atoms with Crippen LogP contribution in [0.3, 0.4) is 0 Å². The Hall–Kier alpha value is -3.43. The SMILES string of the molecule is COCCn1c(SCC(=O)c2c[nH]c3ccccc23)nc2cc(C(=O)NC3CCCCC3)ccc2c1=O. The molecule has 0 spiro atoms. The largest absolute Gasteiger partial charge is 0.383 e. The summed E-state index contributed by atoms with van der Waals surface area (Å²) in [5, 5.41) is 4.84. The lowest BCUT2D eigenvalue weighted by Gasteiger charge is -2.22. The van der Waals surface area contributed by atoms with Crippen molar-refractivity contribution in [2.75, 3.05) is 19.5 Å². The molecule has 1 fully saturated rings. The van der Waals surface area contributed by atoms with E-state index in [1.807, 2.05) is 24.3 Å². The fourth-order valence-corrected chi connectivity index (χ4v) is 5.77. The number of thioether (sulfide) groups is 1. The number of H-pyrrole nitrogens is 1. The van der Waals surface area contributed by atoms with Crippen molar-refractivity contribution >= 4 is 45.3 Å². The van der Waals surface area contributed by atoms with E-state index in [0.717, 1.165) is 36.6 Å². The number of carbonyl (C=O) groups excluding carboxylic acids is 2. The molecule has 0 saturated heterocycles. The third-order valence-corrected chi connectivity index (χ3v) is 7.84. The molecule has 5 rings (SSSR count). The van der Waals surface area contributed by atoms with Crippen LogP contribution in [-0.2, 0) is 11.3 Å². The molecule has 0 unspecified atom stereocenters. The number of hydrogen-bond donors (Lipinski definition) is 2. The van der Waals surface area contributed by atoms with Gasteiger partial charge < -0.3 is 15.0 Å². The minimum Gasteiger partial charge on any atom is -0.383 e. The molecule has 0 atom stereocenters. The molecular formula is C28H30N4O4S.